The molecule has 1 saturated heterocycles. The molecular weight excluding hydrogens is 556 g/mol. The number of rotatable bonds is 4. The van der Waals surface area contributed by atoms with Gasteiger partial charge >= 0.3 is 0 Å². The van der Waals surface area contributed by atoms with E-state index in [4.69, 9.17) is 11.6 Å². The van der Waals surface area contributed by atoms with E-state index in [2.05, 4.69) is 30.8 Å². The third-order valence-electron chi connectivity index (χ3n) is 7.88. The summed E-state index contributed by atoms with van der Waals surface area (Å²) >= 11 is 6.70. The number of piperazine rings is 1. The van der Waals surface area contributed by atoms with Gasteiger partial charge in [0.25, 0.3) is 0 Å². The SMILES string of the molecule is O=C1CCCn2cc(nn2)CNC(=O)[C@H]2CN(Cc3[nH]c4ccccc4c3Cl)CCN2C(=O)[C@H](Cc2ccccc2)N1. The molecule has 0 saturated carbocycles. The molecule has 42 heavy (non-hydrogen) atoms. The van der Waals surface area contributed by atoms with Crippen molar-refractivity contribution in [1.82, 2.24) is 40.4 Å². The van der Waals surface area contributed by atoms with Crippen LogP contribution in [0.4, 0.5) is 0 Å². The number of H-pyrrole nitrogens is 1. The summed E-state index contributed by atoms with van der Waals surface area (Å²) in [6, 6.07) is 15.9. The van der Waals surface area contributed by atoms with Gasteiger partial charge in [-0.15, -0.1) is 5.10 Å². The van der Waals surface area contributed by atoms with Crippen LogP contribution in [-0.4, -0.2) is 79.2 Å². The summed E-state index contributed by atoms with van der Waals surface area (Å²) in [5, 5.41) is 15.8. The molecule has 0 unspecified atom stereocenters. The monoisotopic (exact) mass is 588 g/mol. The van der Waals surface area contributed by atoms with E-state index >= 15 is 0 Å². The summed E-state index contributed by atoms with van der Waals surface area (Å²) in [5.74, 6) is -0.771. The van der Waals surface area contributed by atoms with Crippen molar-refractivity contribution in [3.63, 3.8) is 0 Å². The second-order valence-corrected chi connectivity index (χ2v) is 11.2. The standard InChI is InChI=1S/C30H33ClN8O3/c31-28-22-9-4-5-10-23(22)33-25(28)18-37-13-14-39-26(19-37)29(41)32-16-21-17-38(36-35-21)12-6-11-27(40)34-24(30(39)42)15-20-7-2-1-3-8-20/h1-5,7-10,17,24,26,33H,6,11-16,18-19H2,(H,32,41)(H,34,40)/t24-,26+/m0/s1. The van der Waals surface area contributed by atoms with Crippen LogP contribution < -0.4 is 10.6 Å². The maximum absolute atomic E-state index is 14.1. The first-order valence-electron chi connectivity index (χ1n) is 14.2. The molecule has 11 nitrogen and oxygen atoms in total. The molecule has 2 atom stereocenters. The molecule has 4 aromatic rings. The topological polar surface area (TPSA) is 128 Å². The molecule has 2 aliphatic heterocycles. The fourth-order valence-corrected chi connectivity index (χ4v) is 5.98. The molecular formula is C30H33ClN8O3. The first-order valence-corrected chi connectivity index (χ1v) is 14.6. The molecule has 3 N–H and O–H groups in total. The van der Waals surface area contributed by atoms with E-state index < -0.39 is 12.1 Å². The number of nitrogens with zero attached hydrogens (tertiary/aromatic N) is 5. The van der Waals surface area contributed by atoms with Crippen LogP contribution in [0.25, 0.3) is 10.9 Å². The van der Waals surface area contributed by atoms with Crippen LogP contribution in [0.15, 0.2) is 60.8 Å². The van der Waals surface area contributed by atoms with Crippen LogP contribution in [0, 0.1) is 0 Å². The number of para-hydroxylation sites is 1. The molecule has 218 valence electrons. The van der Waals surface area contributed by atoms with E-state index in [0.29, 0.717) is 56.3 Å². The number of aromatic nitrogens is 4. The van der Waals surface area contributed by atoms with Crippen LogP contribution in [0.5, 0.6) is 0 Å². The van der Waals surface area contributed by atoms with Crippen molar-refractivity contribution in [1.29, 1.82) is 0 Å². The number of fused-ring (bicyclic) bond motifs is 4. The van der Waals surface area contributed by atoms with Crippen molar-refractivity contribution in [3.05, 3.63) is 82.8 Å². The van der Waals surface area contributed by atoms with Gasteiger partial charge in [0.05, 0.1) is 17.8 Å². The van der Waals surface area contributed by atoms with Gasteiger partial charge in [-0.3, -0.25) is 24.0 Å². The highest BCUT2D eigenvalue weighted by Crippen LogP contribution is 2.29. The molecule has 1 fully saturated rings. The van der Waals surface area contributed by atoms with Gasteiger partial charge in [0.15, 0.2) is 0 Å². The maximum atomic E-state index is 14.1. The van der Waals surface area contributed by atoms with Crippen molar-refractivity contribution < 1.29 is 14.4 Å². The quantitative estimate of drug-likeness (QED) is 0.336. The number of aryl methyl sites for hydroxylation is 1. The number of carbonyl (C=O) groups is 3. The molecule has 0 spiro atoms. The largest absolute Gasteiger partial charge is 0.356 e. The van der Waals surface area contributed by atoms with Gasteiger partial charge in [0, 0.05) is 62.2 Å². The highest BCUT2D eigenvalue weighted by atomic mass is 35.5. The van der Waals surface area contributed by atoms with E-state index in [1.54, 1.807) is 15.8 Å². The summed E-state index contributed by atoms with van der Waals surface area (Å²) in [7, 11) is 0. The fraction of sp³-hybridized carbons (Fsp3) is 0.367. The molecule has 4 heterocycles. The second kappa shape index (κ2) is 12.3. The Hall–Kier alpha value is -4.22. The summed E-state index contributed by atoms with van der Waals surface area (Å²) in [4.78, 5) is 47.9. The minimum absolute atomic E-state index is 0.190. The van der Waals surface area contributed by atoms with Gasteiger partial charge < -0.3 is 20.5 Å². The van der Waals surface area contributed by atoms with E-state index in [9.17, 15) is 14.4 Å². The Kier molecular flexibility index (Phi) is 8.20. The molecule has 2 aliphatic rings. The lowest BCUT2D eigenvalue weighted by molar-refractivity contribution is -0.146. The normalized spacial score (nSPS) is 20.9. The predicted molar refractivity (Wildman–Crippen MR) is 157 cm³/mol. The summed E-state index contributed by atoms with van der Waals surface area (Å²) in [5.41, 5.74) is 3.35. The van der Waals surface area contributed by atoms with Gasteiger partial charge in [0.1, 0.15) is 17.8 Å². The first-order chi connectivity index (χ1) is 20.4. The zero-order valence-electron chi connectivity index (χ0n) is 23.1. The maximum Gasteiger partial charge on any atom is 0.246 e. The lowest BCUT2D eigenvalue weighted by Gasteiger charge is -2.41. The van der Waals surface area contributed by atoms with Crippen molar-refractivity contribution in [3.8, 4) is 0 Å². The van der Waals surface area contributed by atoms with Crippen LogP contribution >= 0.6 is 11.6 Å². The number of aromatic amines is 1. The van der Waals surface area contributed by atoms with Crippen molar-refractivity contribution in [2.75, 3.05) is 19.6 Å². The van der Waals surface area contributed by atoms with E-state index in [1.807, 2.05) is 54.6 Å². The van der Waals surface area contributed by atoms with Gasteiger partial charge in [-0.25, -0.2) is 0 Å². The van der Waals surface area contributed by atoms with Crippen molar-refractivity contribution in [2.45, 2.75) is 51.0 Å². The molecule has 12 heteroatoms. The molecule has 3 amide bonds. The van der Waals surface area contributed by atoms with Crippen LogP contribution in [0.3, 0.4) is 0 Å². The Morgan fingerprint density at radius 2 is 1.79 bits per heavy atom. The minimum atomic E-state index is -0.799. The Balaban J connectivity index is 1.27. The molecule has 2 aromatic heterocycles. The number of amides is 3. The smallest absolute Gasteiger partial charge is 0.246 e. The molecule has 0 radical (unpaired) electrons. The molecule has 0 aliphatic carbocycles. The molecule has 6 rings (SSSR count). The average molecular weight is 589 g/mol. The number of nitrogens with one attached hydrogen (secondary N) is 3. The van der Waals surface area contributed by atoms with Crippen molar-refractivity contribution in [2.24, 2.45) is 0 Å². The van der Waals surface area contributed by atoms with E-state index in [1.165, 1.54) is 0 Å². The highest BCUT2D eigenvalue weighted by Gasteiger charge is 2.39. The predicted octanol–water partition coefficient (Wildman–Crippen LogP) is 2.26. The number of halogens is 1. The third kappa shape index (κ3) is 6.17. The fourth-order valence-electron chi connectivity index (χ4n) is 5.71. The Morgan fingerprint density at radius 3 is 2.62 bits per heavy atom. The first kappa shape index (κ1) is 27.9. The zero-order chi connectivity index (χ0) is 29.1. The lowest BCUT2D eigenvalue weighted by atomic mass is 10.0. The number of hydrogen-bond donors (Lipinski definition) is 3. The number of carbonyl (C=O) groups excluding carboxylic acids is 3. The minimum Gasteiger partial charge on any atom is -0.356 e. The Morgan fingerprint density at radius 1 is 0.976 bits per heavy atom. The number of benzene rings is 2. The number of hydrogen-bond acceptors (Lipinski definition) is 6. The van der Waals surface area contributed by atoms with Gasteiger partial charge in [0.2, 0.25) is 17.7 Å². The lowest BCUT2D eigenvalue weighted by Crippen LogP contribution is -2.63. The van der Waals surface area contributed by atoms with Gasteiger partial charge in [-0.1, -0.05) is 65.3 Å². The van der Waals surface area contributed by atoms with Crippen LogP contribution in [0.2, 0.25) is 5.02 Å². The van der Waals surface area contributed by atoms with Crippen LogP contribution in [0.1, 0.15) is 29.8 Å². The summed E-state index contributed by atoms with van der Waals surface area (Å²) < 4.78 is 1.67. The molecule has 2 aromatic carbocycles. The van der Waals surface area contributed by atoms with Gasteiger partial charge in [-0.2, -0.15) is 0 Å². The Bertz CT molecular complexity index is 1590. The summed E-state index contributed by atoms with van der Waals surface area (Å²) in [6.07, 6.45) is 2.89. The van der Waals surface area contributed by atoms with Crippen molar-refractivity contribution >= 4 is 40.2 Å². The highest BCUT2D eigenvalue weighted by molar-refractivity contribution is 6.36. The average Bonchev–Trinajstić information content (AvgIpc) is 3.59. The molecule has 2 bridgehead atoms. The summed E-state index contributed by atoms with van der Waals surface area (Å²) in [6.45, 7) is 2.37. The zero-order valence-corrected chi connectivity index (χ0v) is 23.9. The third-order valence-corrected chi connectivity index (χ3v) is 8.31. The van der Waals surface area contributed by atoms with Crippen LogP contribution in [-0.2, 0) is 40.4 Å². The van der Waals surface area contributed by atoms with Gasteiger partial charge in [-0.05, 0) is 18.1 Å². The van der Waals surface area contributed by atoms with E-state index in [-0.39, 0.29) is 30.7 Å². The van der Waals surface area contributed by atoms with E-state index in [0.717, 1.165) is 22.2 Å². The Labute approximate surface area is 248 Å². The second-order valence-electron chi connectivity index (χ2n) is 10.8.